The van der Waals surface area contributed by atoms with Crippen molar-refractivity contribution in [1.29, 1.82) is 0 Å². The minimum Gasteiger partial charge on any atom is -0.480 e. The molecule has 8 nitrogen and oxygen atoms in total. The predicted molar refractivity (Wildman–Crippen MR) is 91.3 cm³/mol. The summed E-state index contributed by atoms with van der Waals surface area (Å²) in [6.45, 7) is 1.19. The highest BCUT2D eigenvalue weighted by Crippen LogP contribution is 2.29. The van der Waals surface area contributed by atoms with E-state index in [2.05, 4.69) is 0 Å². The number of carbonyl (C=O) groups is 1. The molecule has 25 heavy (non-hydrogen) atoms. The SMILES string of the molecule is CC(C(=O)O)N(c1cccc(Cl)c1)S(=O)(=O)c1cccc([N+](=O)[O-])c1. The molecule has 10 heteroatoms. The van der Waals surface area contributed by atoms with Crippen molar-refractivity contribution < 1.29 is 23.2 Å². The summed E-state index contributed by atoms with van der Waals surface area (Å²) >= 11 is 5.88. The zero-order valence-electron chi connectivity index (χ0n) is 12.9. The Morgan fingerprint density at radius 3 is 2.44 bits per heavy atom. The number of halogens is 1. The normalized spacial score (nSPS) is 12.4. The number of anilines is 1. The summed E-state index contributed by atoms with van der Waals surface area (Å²) in [7, 11) is -4.38. The highest BCUT2D eigenvalue weighted by molar-refractivity contribution is 7.93. The maximum Gasteiger partial charge on any atom is 0.327 e. The number of hydrogen-bond donors (Lipinski definition) is 1. The lowest BCUT2D eigenvalue weighted by atomic mass is 10.2. The number of sulfonamides is 1. The van der Waals surface area contributed by atoms with Crippen LogP contribution in [0.15, 0.2) is 53.4 Å². The molecule has 0 aliphatic carbocycles. The van der Waals surface area contributed by atoms with Crippen molar-refractivity contribution in [2.75, 3.05) is 4.31 Å². The quantitative estimate of drug-likeness (QED) is 0.604. The molecule has 2 aromatic carbocycles. The largest absolute Gasteiger partial charge is 0.480 e. The summed E-state index contributed by atoms with van der Waals surface area (Å²) in [4.78, 5) is 21.2. The average Bonchev–Trinajstić information content (AvgIpc) is 2.54. The summed E-state index contributed by atoms with van der Waals surface area (Å²) in [5.41, 5.74) is -0.385. The molecule has 0 heterocycles. The second-order valence-electron chi connectivity index (χ2n) is 5.05. The first-order chi connectivity index (χ1) is 11.6. The van der Waals surface area contributed by atoms with Crippen molar-refractivity contribution in [2.24, 2.45) is 0 Å². The molecule has 0 spiro atoms. The molecule has 1 atom stereocenters. The minimum atomic E-state index is -4.38. The van der Waals surface area contributed by atoms with Crippen LogP contribution in [0.25, 0.3) is 0 Å². The Kier molecular flexibility index (Phi) is 5.29. The van der Waals surface area contributed by atoms with E-state index >= 15 is 0 Å². The first-order valence-electron chi connectivity index (χ1n) is 6.92. The van der Waals surface area contributed by atoms with Crippen LogP contribution in [0.1, 0.15) is 6.92 Å². The number of nitrogens with zero attached hydrogens (tertiary/aromatic N) is 2. The van der Waals surface area contributed by atoms with Crippen LogP contribution in [0.5, 0.6) is 0 Å². The molecule has 1 N–H and O–H groups in total. The number of carboxylic acid groups (broad SMARTS) is 1. The van der Waals surface area contributed by atoms with Gasteiger partial charge < -0.3 is 5.11 Å². The Balaban J connectivity index is 2.65. The van der Waals surface area contributed by atoms with E-state index in [4.69, 9.17) is 11.6 Å². The number of nitro groups is 1. The Morgan fingerprint density at radius 2 is 1.88 bits per heavy atom. The van der Waals surface area contributed by atoms with E-state index in [1.165, 1.54) is 37.3 Å². The Hall–Kier alpha value is -2.65. The van der Waals surface area contributed by atoms with Crippen LogP contribution in [0.3, 0.4) is 0 Å². The molecular formula is C15H13ClN2O6S. The van der Waals surface area contributed by atoms with Crippen LogP contribution in [0, 0.1) is 10.1 Å². The zero-order valence-corrected chi connectivity index (χ0v) is 14.4. The van der Waals surface area contributed by atoms with E-state index in [0.717, 1.165) is 18.2 Å². The fourth-order valence-corrected chi connectivity index (χ4v) is 3.98. The average molecular weight is 385 g/mol. The lowest BCUT2D eigenvalue weighted by Crippen LogP contribution is -2.43. The number of non-ortho nitro benzene ring substituents is 1. The van der Waals surface area contributed by atoms with E-state index in [9.17, 15) is 28.4 Å². The van der Waals surface area contributed by atoms with Gasteiger partial charge in [0.2, 0.25) is 0 Å². The molecule has 1 unspecified atom stereocenters. The van der Waals surface area contributed by atoms with Crippen molar-refractivity contribution in [1.82, 2.24) is 0 Å². The molecule has 0 radical (unpaired) electrons. The van der Waals surface area contributed by atoms with Gasteiger partial charge in [-0.2, -0.15) is 0 Å². The van der Waals surface area contributed by atoms with Crippen molar-refractivity contribution in [3.05, 3.63) is 63.7 Å². The van der Waals surface area contributed by atoms with Gasteiger partial charge in [0.15, 0.2) is 0 Å². The van der Waals surface area contributed by atoms with Gasteiger partial charge in [0, 0.05) is 17.2 Å². The molecule has 0 saturated carbocycles. The topological polar surface area (TPSA) is 118 Å². The molecule has 132 valence electrons. The lowest BCUT2D eigenvalue weighted by molar-refractivity contribution is -0.385. The second-order valence-corrected chi connectivity index (χ2v) is 7.30. The minimum absolute atomic E-state index is 0.0360. The van der Waals surface area contributed by atoms with E-state index in [0.29, 0.717) is 4.31 Å². The predicted octanol–water partition coefficient (Wildman–Crippen LogP) is 2.92. The molecule has 2 rings (SSSR count). The van der Waals surface area contributed by atoms with Crippen LogP contribution in [-0.4, -0.2) is 30.5 Å². The van der Waals surface area contributed by atoms with Crippen LogP contribution >= 0.6 is 11.6 Å². The third-order valence-corrected chi connectivity index (χ3v) is 5.49. The van der Waals surface area contributed by atoms with E-state index in [1.54, 1.807) is 0 Å². The first-order valence-corrected chi connectivity index (χ1v) is 8.73. The van der Waals surface area contributed by atoms with Crippen molar-refractivity contribution in [3.63, 3.8) is 0 Å². The van der Waals surface area contributed by atoms with E-state index in [-0.39, 0.29) is 10.7 Å². The second kappa shape index (κ2) is 7.08. The smallest absolute Gasteiger partial charge is 0.327 e. The van der Waals surface area contributed by atoms with Gasteiger partial charge in [-0.15, -0.1) is 0 Å². The van der Waals surface area contributed by atoms with E-state index in [1.807, 2.05) is 0 Å². The van der Waals surface area contributed by atoms with Gasteiger partial charge in [-0.25, -0.2) is 13.2 Å². The summed E-state index contributed by atoms with van der Waals surface area (Å²) < 4.78 is 26.6. The Bertz CT molecular complexity index is 931. The lowest BCUT2D eigenvalue weighted by Gasteiger charge is -2.28. The number of carboxylic acids is 1. The first kappa shape index (κ1) is 18.7. The number of benzene rings is 2. The number of aliphatic carboxylic acids is 1. The maximum atomic E-state index is 13.0. The monoisotopic (exact) mass is 384 g/mol. The van der Waals surface area contributed by atoms with Gasteiger partial charge >= 0.3 is 5.97 Å². The van der Waals surface area contributed by atoms with Crippen LogP contribution in [0.4, 0.5) is 11.4 Å². The Labute approximate surface area is 148 Å². The molecule has 0 fully saturated rings. The Morgan fingerprint density at radius 1 is 1.24 bits per heavy atom. The molecule has 0 aromatic heterocycles. The molecule has 0 aliphatic heterocycles. The summed E-state index contributed by atoms with van der Waals surface area (Å²) in [5, 5.41) is 20.4. The fraction of sp³-hybridized carbons (Fsp3) is 0.133. The molecular weight excluding hydrogens is 372 g/mol. The number of rotatable bonds is 6. The molecule has 2 aromatic rings. The maximum absolute atomic E-state index is 13.0. The highest BCUT2D eigenvalue weighted by Gasteiger charge is 2.34. The van der Waals surface area contributed by atoms with Gasteiger partial charge in [0.25, 0.3) is 15.7 Å². The van der Waals surface area contributed by atoms with Crippen LogP contribution in [-0.2, 0) is 14.8 Å². The van der Waals surface area contributed by atoms with Gasteiger partial charge in [-0.3, -0.25) is 14.4 Å². The van der Waals surface area contributed by atoms with Crippen molar-refractivity contribution >= 4 is 39.0 Å². The number of hydrogen-bond acceptors (Lipinski definition) is 5. The van der Waals surface area contributed by atoms with Crippen molar-refractivity contribution in [3.8, 4) is 0 Å². The highest BCUT2D eigenvalue weighted by atomic mass is 35.5. The van der Waals surface area contributed by atoms with Crippen LogP contribution in [0.2, 0.25) is 5.02 Å². The third kappa shape index (κ3) is 3.89. The fourth-order valence-electron chi connectivity index (χ4n) is 2.16. The standard InChI is InChI=1S/C15H13ClN2O6S/c1-10(15(19)20)17(12-5-2-4-11(16)8-12)25(23,24)14-7-3-6-13(9-14)18(21)22/h2-10H,1H3,(H,19,20). The van der Waals surface area contributed by atoms with Crippen LogP contribution < -0.4 is 4.31 Å². The van der Waals surface area contributed by atoms with Gasteiger partial charge in [0.05, 0.1) is 15.5 Å². The molecule has 0 saturated heterocycles. The summed E-state index contributed by atoms with van der Waals surface area (Å²) in [6.07, 6.45) is 0. The zero-order chi connectivity index (χ0) is 18.8. The molecule has 0 amide bonds. The molecule has 0 aliphatic rings. The van der Waals surface area contributed by atoms with Gasteiger partial charge in [-0.1, -0.05) is 23.7 Å². The molecule has 0 bridgehead atoms. The van der Waals surface area contributed by atoms with Gasteiger partial charge in [0.1, 0.15) is 6.04 Å². The van der Waals surface area contributed by atoms with E-state index < -0.39 is 37.5 Å². The number of nitro benzene ring substituents is 1. The van der Waals surface area contributed by atoms with Gasteiger partial charge in [-0.05, 0) is 31.2 Å². The summed E-state index contributed by atoms with van der Waals surface area (Å²) in [5.74, 6) is -1.38. The summed E-state index contributed by atoms with van der Waals surface area (Å²) in [6, 6.07) is 8.61. The van der Waals surface area contributed by atoms with Crippen molar-refractivity contribution in [2.45, 2.75) is 17.9 Å². The third-order valence-electron chi connectivity index (χ3n) is 3.36.